The molecule has 0 saturated carbocycles. The van der Waals surface area contributed by atoms with E-state index in [9.17, 15) is 0 Å². The number of nitrogens with zero attached hydrogens (tertiary/aromatic N) is 5. The van der Waals surface area contributed by atoms with Gasteiger partial charge in [0.05, 0.1) is 29.0 Å². The number of hydrogen-bond acceptors (Lipinski definition) is 4. The minimum absolute atomic E-state index is 0.875. The summed E-state index contributed by atoms with van der Waals surface area (Å²) in [6.45, 7) is 9.98. The number of benzene rings is 7. The summed E-state index contributed by atoms with van der Waals surface area (Å²) in [6.07, 6.45) is 0. The van der Waals surface area contributed by atoms with Crippen LogP contribution in [0.5, 0.6) is 5.75 Å². The van der Waals surface area contributed by atoms with Gasteiger partial charge in [-0.25, -0.2) is 0 Å². The number of ether oxygens (including phenoxy) is 1. The Labute approximate surface area is 336 Å². The molecule has 0 saturated heterocycles. The third-order valence-corrected chi connectivity index (χ3v) is 12.2. The molecule has 57 heavy (non-hydrogen) atoms. The number of methoxy groups -OCH3 is 1. The first-order valence-electron chi connectivity index (χ1n) is 20.3. The fourth-order valence-electron chi connectivity index (χ4n) is 9.14. The topological polar surface area (TPSA) is 25.0 Å². The van der Waals surface area contributed by atoms with E-state index in [4.69, 9.17) is 4.74 Å². The van der Waals surface area contributed by atoms with E-state index in [1.807, 2.05) is 0 Å². The van der Waals surface area contributed by atoms with Crippen molar-refractivity contribution in [3.05, 3.63) is 168 Å². The molecule has 0 spiro atoms. The van der Waals surface area contributed by atoms with Crippen LogP contribution in [0.1, 0.15) is 36.1 Å². The molecule has 6 heteroatoms. The van der Waals surface area contributed by atoms with Gasteiger partial charge in [0.25, 0.3) is 0 Å². The van der Waals surface area contributed by atoms with Crippen LogP contribution in [0.2, 0.25) is 0 Å². The third-order valence-electron chi connectivity index (χ3n) is 12.2. The van der Waals surface area contributed by atoms with Crippen molar-refractivity contribution in [2.45, 2.75) is 13.8 Å². The van der Waals surface area contributed by atoms with Gasteiger partial charge in [-0.05, 0) is 110 Å². The molecule has 0 bridgehead atoms. The smallest absolute Gasteiger partial charge is 0.220 e. The van der Waals surface area contributed by atoms with Crippen molar-refractivity contribution < 1.29 is 13.9 Å². The maximum absolute atomic E-state index is 5.53. The van der Waals surface area contributed by atoms with Crippen molar-refractivity contribution in [2.24, 2.45) is 0 Å². The van der Waals surface area contributed by atoms with Gasteiger partial charge in [0, 0.05) is 79.6 Å². The monoisotopic (exact) mass is 749 g/mol. The molecule has 284 valence electrons. The number of likely N-dealkylation sites (N-methyl/N-ethyl adjacent to an activating group) is 2. The van der Waals surface area contributed by atoms with Gasteiger partial charge in [0.15, 0.2) is 0 Å². The van der Waals surface area contributed by atoms with Crippen LogP contribution in [-0.2, 0) is 0 Å². The summed E-state index contributed by atoms with van der Waals surface area (Å²) in [4.78, 5) is 7.51. The second kappa shape index (κ2) is 15.3. The molecule has 0 fully saturated rings. The summed E-state index contributed by atoms with van der Waals surface area (Å²) in [5.41, 5.74) is 13.9. The van der Waals surface area contributed by atoms with Gasteiger partial charge in [0.1, 0.15) is 19.8 Å². The van der Waals surface area contributed by atoms with Crippen LogP contribution in [0.25, 0.3) is 21.5 Å². The van der Waals surface area contributed by atoms with Crippen LogP contribution in [0.4, 0.5) is 28.4 Å². The van der Waals surface area contributed by atoms with Crippen molar-refractivity contribution in [1.29, 1.82) is 0 Å². The van der Waals surface area contributed by atoms with Crippen LogP contribution >= 0.6 is 0 Å². The molecular formula is C51H51N5O+2. The van der Waals surface area contributed by atoms with E-state index in [0.29, 0.717) is 0 Å². The molecular weight excluding hydrogens is 699 g/mol. The van der Waals surface area contributed by atoms with E-state index in [2.05, 4.69) is 197 Å². The molecule has 0 aromatic heterocycles. The van der Waals surface area contributed by atoms with E-state index >= 15 is 0 Å². The van der Waals surface area contributed by atoms with E-state index in [-0.39, 0.29) is 0 Å². The van der Waals surface area contributed by atoms with Crippen molar-refractivity contribution in [3.63, 3.8) is 0 Å². The van der Waals surface area contributed by atoms with E-state index in [1.54, 1.807) is 7.11 Å². The van der Waals surface area contributed by atoms with E-state index in [1.165, 1.54) is 83.7 Å². The molecule has 9 rings (SSSR count). The molecule has 2 aliphatic rings. The molecule has 2 aliphatic heterocycles. The highest BCUT2D eigenvalue weighted by molar-refractivity contribution is 6.23. The molecule has 0 radical (unpaired) electrons. The van der Waals surface area contributed by atoms with E-state index in [0.717, 1.165) is 45.0 Å². The second-order valence-electron chi connectivity index (χ2n) is 15.1. The summed E-state index contributed by atoms with van der Waals surface area (Å²) in [5.74, 6) is 0.875. The third kappa shape index (κ3) is 6.49. The van der Waals surface area contributed by atoms with Crippen LogP contribution in [0, 0.1) is 0 Å². The van der Waals surface area contributed by atoms with Gasteiger partial charge in [-0.1, -0.05) is 48.5 Å². The average molecular weight is 750 g/mol. The van der Waals surface area contributed by atoms with Crippen molar-refractivity contribution in [1.82, 2.24) is 0 Å². The second-order valence-corrected chi connectivity index (χ2v) is 15.1. The zero-order chi connectivity index (χ0) is 39.0. The van der Waals surface area contributed by atoms with Gasteiger partial charge < -0.3 is 19.4 Å². The molecule has 0 atom stereocenters. The van der Waals surface area contributed by atoms with Gasteiger partial charge in [0.2, 0.25) is 22.8 Å². The Kier molecular flexibility index (Phi) is 9.71. The lowest BCUT2D eigenvalue weighted by Gasteiger charge is -2.32. The highest BCUT2D eigenvalue weighted by atomic mass is 16.5. The number of anilines is 3. The quantitative estimate of drug-likeness (QED) is 0.103. The molecule has 7 aromatic rings. The van der Waals surface area contributed by atoms with E-state index < -0.39 is 0 Å². The lowest BCUT2D eigenvalue weighted by Crippen LogP contribution is -2.40. The Hall–Kier alpha value is -6.40. The molecule has 0 amide bonds. The fraction of sp³-hybridized carbons (Fsp3) is 0.216. The first-order chi connectivity index (χ1) is 28.0. The molecule has 7 aromatic carbocycles. The largest absolute Gasteiger partial charge is 0.497 e. The molecule has 6 nitrogen and oxygen atoms in total. The Morgan fingerprint density at radius 1 is 0.439 bits per heavy atom. The summed E-state index contributed by atoms with van der Waals surface area (Å²) in [5, 5.41) is 5.26. The Balaban J connectivity index is 0.912. The number of hydrogen-bond donors (Lipinski definition) is 0. The Morgan fingerprint density at radius 2 is 0.807 bits per heavy atom. The predicted molar refractivity (Wildman–Crippen MR) is 240 cm³/mol. The standard InChI is InChI=1S/C51H51N5O/c1-6-54(40-24-20-38(21-25-40)50-44-16-8-12-36-14-10-18-46(48(36)44)52(50)3)32-34-56(42-28-30-43(57-5)31-29-42)35-33-55(7-2)41-26-22-39(23-27-41)51-45-17-9-13-37-15-11-19-47(49(37)45)53(51)4/h8-31H,6-7,32-35H2,1-5H3/q+2. The first kappa shape index (κ1) is 36.3. The van der Waals surface area contributed by atoms with Crippen molar-refractivity contribution >= 4 is 61.4 Å². The summed E-state index contributed by atoms with van der Waals surface area (Å²) in [6, 6.07) is 53.4. The summed E-state index contributed by atoms with van der Waals surface area (Å²) in [7, 11) is 6.10. The fourth-order valence-corrected chi connectivity index (χ4v) is 9.14. The highest BCUT2D eigenvalue weighted by Crippen LogP contribution is 2.38. The highest BCUT2D eigenvalue weighted by Gasteiger charge is 2.32. The maximum atomic E-state index is 5.53. The first-order valence-corrected chi connectivity index (χ1v) is 20.3. The van der Waals surface area contributed by atoms with Gasteiger partial charge in [-0.15, -0.1) is 0 Å². The minimum Gasteiger partial charge on any atom is -0.497 e. The molecule has 0 unspecified atom stereocenters. The lowest BCUT2D eigenvalue weighted by molar-refractivity contribution is -0.399. The zero-order valence-electron chi connectivity index (χ0n) is 33.7. The molecule has 0 aliphatic carbocycles. The lowest BCUT2D eigenvalue weighted by atomic mass is 9.98. The normalized spacial score (nSPS) is 12.9. The predicted octanol–water partition coefficient (Wildman–Crippen LogP) is 10.1. The van der Waals surface area contributed by atoms with Crippen LogP contribution in [0.15, 0.2) is 146 Å². The van der Waals surface area contributed by atoms with Crippen LogP contribution in [-0.4, -0.2) is 81.0 Å². The number of rotatable bonds is 14. The summed E-state index contributed by atoms with van der Waals surface area (Å²) >= 11 is 0. The van der Waals surface area contributed by atoms with Crippen molar-refractivity contribution in [3.8, 4) is 5.75 Å². The Morgan fingerprint density at radius 3 is 1.21 bits per heavy atom. The van der Waals surface area contributed by atoms with Crippen LogP contribution in [0.3, 0.4) is 0 Å². The van der Waals surface area contributed by atoms with Crippen LogP contribution < -0.4 is 19.4 Å². The Bertz CT molecular complexity index is 2490. The molecule has 0 N–H and O–H groups in total. The minimum atomic E-state index is 0.875. The van der Waals surface area contributed by atoms with Crippen molar-refractivity contribution in [2.75, 3.05) is 75.2 Å². The molecule has 2 heterocycles. The van der Waals surface area contributed by atoms with Gasteiger partial charge in [-0.3, -0.25) is 0 Å². The summed E-state index contributed by atoms with van der Waals surface area (Å²) < 4.78 is 10.2. The van der Waals surface area contributed by atoms with Gasteiger partial charge >= 0.3 is 0 Å². The SMILES string of the molecule is CCN(CCN(CCN(CC)c1ccc(C2=[N+](C)c3cccc4cccc2c34)cc1)c1ccc(OC)cc1)c1ccc(C2=[N+](C)c3cccc4cccc2c34)cc1. The average Bonchev–Trinajstić information content (AvgIpc) is 3.72. The maximum Gasteiger partial charge on any atom is 0.220 e. The van der Waals surface area contributed by atoms with Gasteiger partial charge in [-0.2, -0.15) is 9.15 Å². The zero-order valence-corrected chi connectivity index (χ0v) is 33.7.